The van der Waals surface area contributed by atoms with Gasteiger partial charge >= 0.3 is 0 Å². The number of benzene rings is 1. The summed E-state index contributed by atoms with van der Waals surface area (Å²) < 4.78 is 5.27. The molecule has 0 radical (unpaired) electrons. The van der Waals surface area contributed by atoms with Crippen molar-refractivity contribution in [2.45, 2.75) is 57.4 Å². The van der Waals surface area contributed by atoms with E-state index in [1.807, 2.05) is 12.1 Å². The normalized spacial score (nSPS) is 28.5. The monoisotopic (exact) mass is 401 g/mol. The first-order valence-electron chi connectivity index (χ1n) is 11.7. The lowest BCUT2D eigenvalue weighted by molar-refractivity contribution is 0.0366. The van der Waals surface area contributed by atoms with Crippen LogP contribution in [0.2, 0.25) is 0 Å². The molecular weight excluding hydrogens is 362 g/mol. The smallest absolute Gasteiger partial charge is 0.118 e. The number of ether oxygens (including phenoxy) is 1. The van der Waals surface area contributed by atoms with Gasteiger partial charge in [-0.25, -0.2) is 0 Å². The zero-order valence-corrected chi connectivity index (χ0v) is 18.0. The minimum Gasteiger partial charge on any atom is -0.497 e. The lowest BCUT2D eigenvalue weighted by atomic mass is 9.74. The van der Waals surface area contributed by atoms with E-state index in [2.05, 4.69) is 27.9 Å². The molecule has 1 aromatic rings. The molecule has 1 aromatic carbocycles. The number of hydrogen-bond acceptors (Lipinski definition) is 5. The number of nitrogens with zero attached hydrogens (tertiary/aromatic N) is 1. The first kappa shape index (κ1) is 21.1. The number of methoxy groups -OCH3 is 1. The molecule has 2 saturated heterocycles. The maximum atomic E-state index is 10.2. The van der Waals surface area contributed by atoms with Crippen LogP contribution in [0.5, 0.6) is 5.75 Å². The lowest BCUT2D eigenvalue weighted by Crippen LogP contribution is -2.47. The highest BCUT2D eigenvalue weighted by molar-refractivity contribution is 5.28. The van der Waals surface area contributed by atoms with Crippen LogP contribution < -0.4 is 15.6 Å². The van der Waals surface area contributed by atoms with Gasteiger partial charge in [0.05, 0.1) is 7.11 Å². The fraction of sp³-hybridized carbons (Fsp3) is 0.750. The Balaban J connectivity index is 1.30. The summed E-state index contributed by atoms with van der Waals surface area (Å²) in [6.07, 6.45) is 10.1. The highest BCUT2D eigenvalue weighted by Crippen LogP contribution is 2.36. The Kier molecular flexibility index (Phi) is 7.12. The summed E-state index contributed by atoms with van der Waals surface area (Å²) in [4.78, 5) is 2.65. The van der Waals surface area contributed by atoms with Crippen molar-refractivity contribution in [3.05, 3.63) is 29.8 Å². The molecule has 0 bridgehead atoms. The minimum absolute atomic E-state index is 0.0278. The summed E-state index contributed by atoms with van der Waals surface area (Å²) in [6, 6.07) is 8.99. The predicted octanol–water partition coefficient (Wildman–Crippen LogP) is 2.99. The molecule has 5 nitrogen and oxygen atoms in total. The third-order valence-electron chi connectivity index (χ3n) is 7.78. The first-order chi connectivity index (χ1) is 14.2. The molecule has 3 fully saturated rings. The maximum Gasteiger partial charge on any atom is 0.118 e. The number of hydrogen-bond donors (Lipinski definition) is 3. The zero-order chi connectivity index (χ0) is 20.1. The molecule has 3 N–H and O–H groups in total. The Morgan fingerprint density at radius 2 is 1.83 bits per heavy atom. The van der Waals surface area contributed by atoms with Crippen LogP contribution in [0.1, 0.15) is 50.5 Å². The highest BCUT2D eigenvalue weighted by atomic mass is 16.5. The summed E-state index contributed by atoms with van der Waals surface area (Å²) in [6.45, 7) is 4.76. The van der Waals surface area contributed by atoms with Gasteiger partial charge in [-0.3, -0.25) is 10.9 Å². The first-order valence-corrected chi connectivity index (χ1v) is 11.7. The van der Waals surface area contributed by atoms with Crippen molar-refractivity contribution in [1.29, 1.82) is 0 Å². The summed E-state index contributed by atoms with van der Waals surface area (Å²) >= 11 is 0. The van der Waals surface area contributed by atoms with Crippen molar-refractivity contribution in [2.75, 3.05) is 39.9 Å². The van der Waals surface area contributed by atoms with Gasteiger partial charge in [0.15, 0.2) is 0 Å². The van der Waals surface area contributed by atoms with Gasteiger partial charge in [0.25, 0.3) is 0 Å². The molecule has 2 heterocycles. The van der Waals surface area contributed by atoms with Crippen molar-refractivity contribution >= 4 is 0 Å². The third-order valence-corrected chi connectivity index (χ3v) is 7.78. The van der Waals surface area contributed by atoms with Crippen molar-refractivity contribution in [3.8, 4) is 5.75 Å². The highest BCUT2D eigenvalue weighted by Gasteiger charge is 2.38. The average Bonchev–Trinajstić information content (AvgIpc) is 3.24. The number of piperidine rings is 1. The SMILES string of the molecule is COc1ccc(CC2(CO)CCN(CC3CNNC3C3CCCCC3)CC2)cc1. The van der Waals surface area contributed by atoms with Crippen molar-refractivity contribution in [2.24, 2.45) is 17.3 Å². The van der Waals surface area contributed by atoms with E-state index in [1.54, 1.807) is 7.11 Å². The molecule has 0 spiro atoms. The van der Waals surface area contributed by atoms with Gasteiger partial charge in [-0.15, -0.1) is 0 Å². The summed E-state index contributed by atoms with van der Waals surface area (Å²) in [5.41, 5.74) is 8.39. The molecule has 29 heavy (non-hydrogen) atoms. The summed E-state index contributed by atoms with van der Waals surface area (Å²) in [5, 5.41) is 10.2. The van der Waals surface area contributed by atoms with Crippen LogP contribution in [0.3, 0.4) is 0 Å². The van der Waals surface area contributed by atoms with Gasteiger partial charge in [0, 0.05) is 31.7 Å². The van der Waals surface area contributed by atoms with Gasteiger partial charge in [0.2, 0.25) is 0 Å². The molecule has 5 heteroatoms. The van der Waals surface area contributed by atoms with E-state index in [0.717, 1.165) is 50.6 Å². The van der Waals surface area contributed by atoms with Gasteiger partial charge in [0.1, 0.15) is 5.75 Å². The second-order valence-electron chi connectivity index (χ2n) is 9.69. The van der Waals surface area contributed by atoms with Crippen LogP contribution in [0.15, 0.2) is 24.3 Å². The van der Waals surface area contributed by atoms with Gasteiger partial charge in [-0.1, -0.05) is 31.4 Å². The quantitative estimate of drug-likeness (QED) is 0.656. The average molecular weight is 402 g/mol. The van der Waals surface area contributed by atoms with Crippen LogP contribution in [-0.2, 0) is 6.42 Å². The number of aliphatic hydroxyl groups excluding tert-OH is 1. The predicted molar refractivity (Wildman–Crippen MR) is 117 cm³/mol. The second kappa shape index (κ2) is 9.78. The van der Waals surface area contributed by atoms with Gasteiger partial charge in [-0.2, -0.15) is 0 Å². The number of nitrogens with one attached hydrogen (secondary N) is 2. The molecule has 0 amide bonds. The fourth-order valence-electron chi connectivity index (χ4n) is 5.84. The van der Waals surface area contributed by atoms with E-state index in [1.165, 1.54) is 44.2 Å². The van der Waals surface area contributed by atoms with E-state index in [9.17, 15) is 5.11 Å². The van der Waals surface area contributed by atoms with Crippen LogP contribution >= 0.6 is 0 Å². The number of likely N-dealkylation sites (tertiary alicyclic amines) is 1. The van der Waals surface area contributed by atoms with E-state index >= 15 is 0 Å². The van der Waals surface area contributed by atoms with Crippen LogP contribution in [0.25, 0.3) is 0 Å². The number of aliphatic hydroxyl groups is 1. The molecule has 2 atom stereocenters. The molecule has 1 saturated carbocycles. The van der Waals surface area contributed by atoms with Gasteiger partial charge < -0.3 is 14.7 Å². The third kappa shape index (κ3) is 5.13. The molecule has 3 aliphatic rings. The van der Waals surface area contributed by atoms with E-state index in [-0.39, 0.29) is 12.0 Å². The Labute approximate surface area is 176 Å². The van der Waals surface area contributed by atoms with Crippen LogP contribution in [-0.4, -0.2) is 55.9 Å². The summed E-state index contributed by atoms with van der Waals surface area (Å²) in [5.74, 6) is 2.45. The Hall–Kier alpha value is -1.14. The molecule has 162 valence electrons. The van der Waals surface area contributed by atoms with E-state index < -0.39 is 0 Å². The van der Waals surface area contributed by atoms with Crippen LogP contribution in [0.4, 0.5) is 0 Å². The summed E-state index contributed by atoms with van der Waals surface area (Å²) in [7, 11) is 1.70. The van der Waals surface area contributed by atoms with E-state index in [0.29, 0.717) is 12.0 Å². The van der Waals surface area contributed by atoms with Crippen LogP contribution in [0, 0.1) is 17.3 Å². The Morgan fingerprint density at radius 1 is 1.10 bits per heavy atom. The van der Waals surface area contributed by atoms with Gasteiger partial charge in [-0.05, 0) is 74.2 Å². The molecule has 2 aliphatic heterocycles. The molecule has 1 aliphatic carbocycles. The second-order valence-corrected chi connectivity index (χ2v) is 9.69. The molecule has 4 rings (SSSR count). The Bertz CT molecular complexity index is 622. The number of rotatable bonds is 7. The largest absolute Gasteiger partial charge is 0.497 e. The van der Waals surface area contributed by atoms with Crippen molar-refractivity contribution in [3.63, 3.8) is 0 Å². The zero-order valence-electron chi connectivity index (χ0n) is 18.0. The van der Waals surface area contributed by atoms with Crippen molar-refractivity contribution < 1.29 is 9.84 Å². The topological polar surface area (TPSA) is 56.8 Å². The Morgan fingerprint density at radius 3 is 2.48 bits per heavy atom. The maximum absolute atomic E-state index is 10.2. The fourth-order valence-corrected chi connectivity index (χ4v) is 5.84. The molecular formula is C24H39N3O2. The van der Waals surface area contributed by atoms with E-state index in [4.69, 9.17) is 4.74 Å². The standard InChI is InChI=1S/C24H39N3O2/c1-29-22-9-7-19(8-10-22)15-24(18-28)11-13-27(14-12-24)17-21-16-25-26-23(21)20-5-3-2-4-6-20/h7-10,20-21,23,25-26,28H,2-6,11-18H2,1H3. The lowest BCUT2D eigenvalue weighted by Gasteiger charge is -2.42. The molecule has 0 aromatic heterocycles. The number of hydrazine groups is 1. The van der Waals surface area contributed by atoms with Crippen molar-refractivity contribution in [1.82, 2.24) is 15.8 Å². The minimum atomic E-state index is 0.0278. The molecule has 2 unspecified atom stereocenters.